The van der Waals surface area contributed by atoms with Gasteiger partial charge in [0.2, 0.25) is 10.0 Å². The number of carbonyl (C=O) groups excluding carboxylic acids is 1. The van der Waals surface area contributed by atoms with E-state index in [0.29, 0.717) is 18.0 Å². The van der Waals surface area contributed by atoms with Crippen molar-refractivity contribution in [2.24, 2.45) is 0 Å². The van der Waals surface area contributed by atoms with E-state index in [1.807, 2.05) is 6.92 Å². The Morgan fingerprint density at radius 2 is 1.89 bits per heavy atom. The number of amides is 1. The van der Waals surface area contributed by atoms with Crippen molar-refractivity contribution in [1.29, 1.82) is 0 Å². The maximum absolute atomic E-state index is 12.2. The normalized spacial score (nSPS) is 11.1. The molecular weight excluding hydrogens is 404 g/mol. The quantitative estimate of drug-likeness (QED) is 0.567. The highest BCUT2D eigenvalue weighted by Gasteiger charge is 2.16. The van der Waals surface area contributed by atoms with Gasteiger partial charge in [0.15, 0.2) is 6.61 Å². The Kier molecular flexibility index (Phi) is 8.10. The first-order valence-electron chi connectivity index (χ1n) is 8.72. The van der Waals surface area contributed by atoms with Gasteiger partial charge in [0, 0.05) is 6.54 Å². The minimum atomic E-state index is -3.63. The number of para-hydroxylation sites is 2. The molecule has 0 spiro atoms. The van der Waals surface area contributed by atoms with Gasteiger partial charge in [-0.15, -0.1) is 0 Å². The van der Waals surface area contributed by atoms with Gasteiger partial charge in [-0.2, -0.15) is 0 Å². The molecule has 0 atom stereocenters. The van der Waals surface area contributed by atoms with Crippen LogP contribution in [0.25, 0.3) is 0 Å². The van der Waals surface area contributed by atoms with Crippen LogP contribution < -0.4 is 19.5 Å². The monoisotopic (exact) mass is 426 g/mol. The molecule has 28 heavy (non-hydrogen) atoms. The first-order valence-corrected chi connectivity index (χ1v) is 10.6. The lowest BCUT2D eigenvalue weighted by atomic mass is 10.3. The van der Waals surface area contributed by atoms with Crippen molar-refractivity contribution in [2.45, 2.75) is 24.7 Å². The molecule has 0 radical (unpaired) electrons. The number of methoxy groups -OCH3 is 1. The Bertz CT molecular complexity index is 918. The SMILES string of the molecule is CCCCNS(=O)(=O)c1ccc(OCC(=O)Nc2ccccc2OC)c(Cl)c1. The predicted octanol–water partition coefficient (Wildman–Crippen LogP) is 3.44. The van der Waals surface area contributed by atoms with Gasteiger partial charge in [-0.1, -0.05) is 37.1 Å². The lowest BCUT2D eigenvalue weighted by Gasteiger charge is -2.12. The Labute approximate surface area is 170 Å². The second-order valence-electron chi connectivity index (χ2n) is 5.88. The number of carbonyl (C=O) groups is 1. The van der Waals surface area contributed by atoms with Gasteiger partial charge in [0.05, 0.1) is 22.7 Å². The number of ether oxygens (including phenoxy) is 2. The number of nitrogens with one attached hydrogen (secondary N) is 2. The molecule has 2 N–H and O–H groups in total. The number of halogens is 1. The number of sulfonamides is 1. The third kappa shape index (κ3) is 6.12. The molecule has 2 aromatic carbocycles. The summed E-state index contributed by atoms with van der Waals surface area (Å²) < 4.78 is 37.5. The maximum Gasteiger partial charge on any atom is 0.262 e. The average molecular weight is 427 g/mol. The van der Waals surface area contributed by atoms with Crippen molar-refractivity contribution in [1.82, 2.24) is 4.72 Å². The molecule has 2 aromatic rings. The summed E-state index contributed by atoms with van der Waals surface area (Å²) in [7, 11) is -2.13. The number of hydrogen-bond donors (Lipinski definition) is 2. The zero-order valence-electron chi connectivity index (χ0n) is 15.7. The molecule has 152 valence electrons. The Hall–Kier alpha value is -2.29. The lowest BCUT2D eigenvalue weighted by molar-refractivity contribution is -0.118. The predicted molar refractivity (Wildman–Crippen MR) is 109 cm³/mol. The Morgan fingerprint density at radius 1 is 1.14 bits per heavy atom. The van der Waals surface area contributed by atoms with Gasteiger partial charge in [-0.25, -0.2) is 13.1 Å². The topological polar surface area (TPSA) is 93.7 Å². The van der Waals surface area contributed by atoms with Crippen molar-refractivity contribution in [2.75, 3.05) is 25.6 Å². The molecule has 0 saturated heterocycles. The van der Waals surface area contributed by atoms with Crippen LogP contribution in [0.4, 0.5) is 5.69 Å². The van der Waals surface area contributed by atoms with Crippen molar-refractivity contribution in [3.63, 3.8) is 0 Å². The molecule has 0 unspecified atom stereocenters. The summed E-state index contributed by atoms with van der Waals surface area (Å²) in [5.74, 6) is 0.335. The van der Waals surface area contributed by atoms with Crippen LogP contribution in [0.15, 0.2) is 47.4 Å². The van der Waals surface area contributed by atoms with Crippen LogP contribution in [0, 0.1) is 0 Å². The van der Waals surface area contributed by atoms with E-state index in [9.17, 15) is 13.2 Å². The Balaban J connectivity index is 1.98. The molecule has 1 amide bonds. The summed E-state index contributed by atoms with van der Waals surface area (Å²) in [4.78, 5) is 12.1. The minimum absolute atomic E-state index is 0.0411. The van der Waals surface area contributed by atoms with E-state index < -0.39 is 15.9 Å². The molecule has 0 aromatic heterocycles. The minimum Gasteiger partial charge on any atom is -0.495 e. The molecule has 0 aliphatic carbocycles. The van der Waals surface area contributed by atoms with Crippen LogP contribution in [0.1, 0.15) is 19.8 Å². The van der Waals surface area contributed by atoms with Gasteiger partial charge in [-0.05, 0) is 36.8 Å². The Morgan fingerprint density at radius 3 is 2.57 bits per heavy atom. The first-order chi connectivity index (χ1) is 13.4. The zero-order chi connectivity index (χ0) is 20.6. The second kappa shape index (κ2) is 10.3. The van der Waals surface area contributed by atoms with Crippen molar-refractivity contribution >= 4 is 33.2 Å². The summed E-state index contributed by atoms with van der Waals surface area (Å²) in [5.41, 5.74) is 0.518. The number of benzene rings is 2. The number of rotatable bonds is 10. The molecule has 9 heteroatoms. The van der Waals surface area contributed by atoms with Gasteiger partial charge in [0.1, 0.15) is 11.5 Å². The van der Waals surface area contributed by atoms with Crippen molar-refractivity contribution < 1.29 is 22.7 Å². The summed E-state index contributed by atoms with van der Waals surface area (Å²) in [6, 6.07) is 11.1. The fourth-order valence-corrected chi connectivity index (χ4v) is 3.71. The largest absolute Gasteiger partial charge is 0.495 e. The van der Waals surface area contributed by atoms with Crippen LogP contribution in [0.3, 0.4) is 0 Å². The summed E-state index contributed by atoms with van der Waals surface area (Å²) in [6.45, 7) is 2.04. The third-order valence-corrected chi connectivity index (χ3v) is 5.53. The maximum atomic E-state index is 12.2. The number of unbranched alkanes of at least 4 members (excludes halogenated alkanes) is 1. The summed E-state index contributed by atoms with van der Waals surface area (Å²) in [6.07, 6.45) is 1.63. The lowest BCUT2D eigenvalue weighted by Crippen LogP contribution is -2.24. The molecule has 0 heterocycles. The molecule has 0 saturated carbocycles. The van der Waals surface area contributed by atoms with Crippen molar-refractivity contribution in [3.05, 3.63) is 47.5 Å². The van der Waals surface area contributed by atoms with E-state index in [1.54, 1.807) is 24.3 Å². The van der Waals surface area contributed by atoms with E-state index in [1.165, 1.54) is 25.3 Å². The van der Waals surface area contributed by atoms with Gasteiger partial charge in [0.25, 0.3) is 5.91 Å². The van der Waals surface area contributed by atoms with Crippen LogP contribution >= 0.6 is 11.6 Å². The average Bonchev–Trinajstić information content (AvgIpc) is 2.67. The van der Waals surface area contributed by atoms with Crippen molar-refractivity contribution in [3.8, 4) is 11.5 Å². The molecular formula is C19H23ClN2O5S. The third-order valence-electron chi connectivity index (χ3n) is 3.78. The first kappa shape index (κ1) is 22.0. The highest BCUT2D eigenvalue weighted by atomic mass is 35.5. The zero-order valence-corrected chi connectivity index (χ0v) is 17.3. The van der Waals surface area contributed by atoms with Gasteiger partial charge >= 0.3 is 0 Å². The summed E-state index contributed by atoms with van der Waals surface area (Å²) >= 11 is 6.12. The highest BCUT2D eigenvalue weighted by molar-refractivity contribution is 7.89. The van der Waals surface area contributed by atoms with E-state index in [2.05, 4.69) is 10.0 Å². The van der Waals surface area contributed by atoms with Gasteiger partial charge < -0.3 is 14.8 Å². The number of anilines is 1. The van der Waals surface area contributed by atoms with E-state index in [4.69, 9.17) is 21.1 Å². The van der Waals surface area contributed by atoms with E-state index in [0.717, 1.165) is 12.8 Å². The molecule has 7 nitrogen and oxygen atoms in total. The molecule has 2 rings (SSSR count). The highest BCUT2D eigenvalue weighted by Crippen LogP contribution is 2.28. The molecule has 0 bridgehead atoms. The van der Waals surface area contributed by atoms with Crippen LogP contribution in [-0.4, -0.2) is 34.6 Å². The molecule has 0 aliphatic rings. The fraction of sp³-hybridized carbons (Fsp3) is 0.316. The van der Waals surface area contributed by atoms with E-state index >= 15 is 0 Å². The molecule has 0 fully saturated rings. The fourth-order valence-electron chi connectivity index (χ4n) is 2.31. The second-order valence-corrected chi connectivity index (χ2v) is 8.05. The van der Waals surface area contributed by atoms with Gasteiger partial charge in [-0.3, -0.25) is 4.79 Å². The van der Waals surface area contributed by atoms with Crippen LogP contribution in [0.2, 0.25) is 5.02 Å². The number of hydrogen-bond acceptors (Lipinski definition) is 5. The standard InChI is InChI=1S/C19H23ClN2O5S/c1-3-4-11-21-28(24,25)14-9-10-17(15(20)12-14)27-13-19(23)22-16-7-5-6-8-18(16)26-2/h5-10,12,21H,3-4,11,13H2,1-2H3,(H,22,23). The molecule has 0 aliphatic heterocycles. The van der Waals surface area contributed by atoms with Crippen LogP contribution in [-0.2, 0) is 14.8 Å². The smallest absolute Gasteiger partial charge is 0.262 e. The summed E-state index contributed by atoms with van der Waals surface area (Å²) in [5, 5.41) is 2.78. The van der Waals surface area contributed by atoms with E-state index in [-0.39, 0.29) is 22.3 Å². The van der Waals surface area contributed by atoms with Crippen LogP contribution in [0.5, 0.6) is 11.5 Å².